The molecule has 0 amide bonds. The fourth-order valence-corrected chi connectivity index (χ4v) is 3.75. The van der Waals surface area contributed by atoms with E-state index in [4.69, 9.17) is 14.6 Å². The van der Waals surface area contributed by atoms with Crippen LogP contribution in [0.25, 0.3) is 10.1 Å². The highest BCUT2D eigenvalue weighted by atomic mass is 32.1. The first kappa shape index (κ1) is 18.9. The molecule has 0 atom stereocenters. The minimum absolute atomic E-state index is 0.0101. The first-order chi connectivity index (χ1) is 13.0. The third-order valence-electron chi connectivity index (χ3n) is 4.02. The number of benzene rings is 2. The van der Waals surface area contributed by atoms with Crippen molar-refractivity contribution in [3.05, 3.63) is 59.0 Å². The maximum Gasteiger partial charge on any atom is 0.303 e. The third-order valence-corrected chi connectivity index (χ3v) is 5.27. The monoisotopic (exact) mass is 384 g/mol. The van der Waals surface area contributed by atoms with Gasteiger partial charge in [-0.25, -0.2) is 0 Å². The minimum Gasteiger partial charge on any atom is -0.490 e. The maximum absolute atomic E-state index is 11.9. The van der Waals surface area contributed by atoms with Crippen molar-refractivity contribution in [3.63, 3.8) is 0 Å². The maximum atomic E-state index is 11.9. The lowest BCUT2D eigenvalue weighted by Crippen LogP contribution is -2.10. The molecular weight excluding hydrogens is 364 g/mol. The van der Waals surface area contributed by atoms with Crippen LogP contribution in [-0.2, 0) is 11.2 Å². The Hall–Kier alpha value is -2.86. The second-order valence-corrected chi connectivity index (χ2v) is 7.10. The lowest BCUT2D eigenvalue weighted by molar-refractivity contribution is -0.136. The number of aliphatic carboxylic acids is 1. The molecule has 0 aliphatic carbocycles. The van der Waals surface area contributed by atoms with Gasteiger partial charge in [0.1, 0.15) is 29.6 Å². The number of hydrogen-bond donors (Lipinski definition) is 1. The van der Waals surface area contributed by atoms with Crippen LogP contribution < -0.4 is 9.47 Å². The zero-order valence-electron chi connectivity index (χ0n) is 14.9. The number of ether oxygens (including phenoxy) is 2. The summed E-state index contributed by atoms with van der Waals surface area (Å²) < 4.78 is 12.6. The standard InChI is InChI=1S/C21H20O5S/c1-14(22)21-20(17-4-2-3-5-18(17)27-21)26-13-12-25-16-9-6-15(7-10-16)8-11-19(23)24/h2-7,9-10H,8,11-13H2,1H3,(H,23,24). The van der Waals surface area contributed by atoms with E-state index in [1.165, 1.54) is 11.3 Å². The van der Waals surface area contributed by atoms with Crippen molar-refractivity contribution in [1.29, 1.82) is 0 Å². The Bertz CT molecular complexity index is 943. The topological polar surface area (TPSA) is 72.8 Å². The molecule has 3 rings (SSSR count). The van der Waals surface area contributed by atoms with Crippen LogP contribution in [0.2, 0.25) is 0 Å². The van der Waals surface area contributed by atoms with Gasteiger partial charge in [0, 0.05) is 23.4 Å². The molecule has 0 saturated carbocycles. The van der Waals surface area contributed by atoms with Gasteiger partial charge in [0.25, 0.3) is 0 Å². The number of carbonyl (C=O) groups excluding carboxylic acids is 1. The van der Waals surface area contributed by atoms with Gasteiger partial charge in [0.15, 0.2) is 5.78 Å². The van der Waals surface area contributed by atoms with Crippen molar-refractivity contribution < 1.29 is 24.2 Å². The van der Waals surface area contributed by atoms with Gasteiger partial charge < -0.3 is 14.6 Å². The van der Waals surface area contributed by atoms with E-state index >= 15 is 0 Å². The zero-order valence-corrected chi connectivity index (χ0v) is 15.8. The molecular formula is C21H20O5S. The van der Waals surface area contributed by atoms with E-state index in [-0.39, 0.29) is 12.2 Å². The lowest BCUT2D eigenvalue weighted by Gasteiger charge is -2.09. The van der Waals surface area contributed by atoms with Crippen LogP contribution in [0.4, 0.5) is 0 Å². The van der Waals surface area contributed by atoms with Gasteiger partial charge >= 0.3 is 5.97 Å². The SMILES string of the molecule is CC(=O)c1sc2ccccc2c1OCCOc1ccc(CCC(=O)O)cc1. The predicted molar refractivity (Wildman–Crippen MR) is 105 cm³/mol. The van der Waals surface area contributed by atoms with E-state index in [0.717, 1.165) is 15.6 Å². The number of fused-ring (bicyclic) bond motifs is 1. The van der Waals surface area contributed by atoms with Crippen LogP contribution in [-0.4, -0.2) is 30.1 Å². The van der Waals surface area contributed by atoms with E-state index in [2.05, 4.69) is 0 Å². The fraction of sp³-hybridized carbons (Fsp3) is 0.238. The molecule has 0 fully saturated rings. The highest BCUT2D eigenvalue weighted by molar-refractivity contribution is 7.21. The largest absolute Gasteiger partial charge is 0.490 e. The summed E-state index contributed by atoms with van der Waals surface area (Å²) in [7, 11) is 0. The minimum atomic E-state index is -0.807. The summed E-state index contributed by atoms with van der Waals surface area (Å²) in [5, 5.41) is 9.65. The highest BCUT2D eigenvalue weighted by Gasteiger charge is 2.16. The van der Waals surface area contributed by atoms with Crippen LogP contribution >= 0.6 is 11.3 Å². The van der Waals surface area contributed by atoms with E-state index in [9.17, 15) is 9.59 Å². The quantitative estimate of drug-likeness (QED) is 0.432. The summed E-state index contributed by atoms with van der Waals surface area (Å²) in [6.45, 7) is 2.21. The van der Waals surface area contributed by atoms with Crippen LogP contribution in [0, 0.1) is 0 Å². The number of carboxylic acids is 1. The molecule has 1 aromatic heterocycles. The van der Waals surface area contributed by atoms with Gasteiger partial charge in [-0.05, 0) is 36.2 Å². The molecule has 0 aliphatic rings. The highest BCUT2D eigenvalue weighted by Crippen LogP contribution is 2.37. The molecule has 0 radical (unpaired) electrons. The first-order valence-electron chi connectivity index (χ1n) is 8.63. The van der Waals surface area contributed by atoms with Crippen LogP contribution in [0.1, 0.15) is 28.6 Å². The Balaban J connectivity index is 1.56. The molecule has 1 N–H and O–H groups in total. The Morgan fingerprint density at radius 1 is 1.00 bits per heavy atom. The van der Waals surface area contributed by atoms with Crippen molar-refractivity contribution in [2.75, 3.05) is 13.2 Å². The summed E-state index contributed by atoms with van der Waals surface area (Å²) >= 11 is 1.44. The number of thiophene rings is 1. The van der Waals surface area contributed by atoms with Crippen molar-refractivity contribution in [1.82, 2.24) is 0 Å². The molecule has 0 saturated heterocycles. The second kappa shape index (κ2) is 8.68. The molecule has 0 spiro atoms. The molecule has 3 aromatic rings. The number of Topliss-reactive ketones (excluding diaryl/α,β-unsaturated/α-hetero) is 1. The van der Waals surface area contributed by atoms with Gasteiger partial charge in [-0.1, -0.05) is 24.3 Å². The van der Waals surface area contributed by atoms with Gasteiger partial charge in [-0.15, -0.1) is 11.3 Å². The Labute approximate surface area is 161 Å². The number of carbonyl (C=O) groups is 2. The van der Waals surface area contributed by atoms with Crippen LogP contribution in [0.3, 0.4) is 0 Å². The van der Waals surface area contributed by atoms with Gasteiger partial charge in [-0.2, -0.15) is 0 Å². The number of carboxylic acid groups (broad SMARTS) is 1. The fourth-order valence-electron chi connectivity index (χ4n) is 2.70. The van der Waals surface area contributed by atoms with E-state index in [0.29, 0.717) is 36.0 Å². The Morgan fingerprint density at radius 2 is 1.70 bits per heavy atom. The van der Waals surface area contributed by atoms with Crippen molar-refractivity contribution >= 4 is 33.2 Å². The van der Waals surface area contributed by atoms with Crippen molar-refractivity contribution in [2.24, 2.45) is 0 Å². The smallest absolute Gasteiger partial charge is 0.303 e. The lowest BCUT2D eigenvalue weighted by atomic mass is 10.1. The molecule has 2 aromatic carbocycles. The zero-order chi connectivity index (χ0) is 19.2. The molecule has 5 nitrogen and oxygen atoms in total. The second-order valence-electron chi connectivity index (χ2n) is 6.05. The molecule has 27 heavy (non-hydrogen) atoms. The normalized spacial score (nSPS) is 10.7. The van der Waals surface area contributed by atoms with E-state index in [1.54, 1.807) is 6.92 Å². The van der Waals surface area contributed by atoms with Crippen molar-refractivity contribution in [3.8, 4) is 11.5 Å². The molecule has 140 valence electrons. The van der Waals surface area contributed by atoms with Gasteiger partial charge in [-0.3, -0.25) is 9.59 Å². The van der Waals surface area contributed by atoms with Gasteiger partial charge in [0.05, 0.1) is 0 Å². The van der Waals surface area contributed by atoms with Crippen LogP contribution in [0.15, 0.2) is 48.5 Å². The van der Waals surface area contributed by atoms with E-state index < -0.39 is 5.97 Å². The number of rotatable bonds is 9. The Kier molecular flexibility index (Phi) is 6.08. The molecule has 1 heterocycles. The summed E-state index contributed by atoms with van der Waals surface area (Å²) in [6, 6.07) is 15.1. The first-order valence-corrected chi connectivity index (χ1v) is 9.45. The molecule has 6 heteroatoms. The molecule has 0 aliphatic heterocycles. The van der Waals surface area contributed by atoms with Gasteiger partial charge in [0.2, 0.25) is 0 Å². The van der Waals surface area contributed by atoms with Crippen molar-refractivity contribution in [2.45, 2.75) is 19.8 Å². The summed E-state index contributed by atoms with van der Waals surface area (Å²) in [5.41, 5.74) is 0.955. The average Bonchev–Trinajstić information content (AvgIpc) is 3.03. The number of aryl methyl sites for hydroxylation is 1. The Morgan fingerprint density at radius 3 is 2.41 bits per heavy atom. The number of ketones is 1. The van der Waals surface area contributed by atoms with Crippen LogP contribution in [0.5, 0.6) is 11.5 Å². The van der Waals surface area contributed by atoms with E-state index in [1.807, 2.05) is 48.5 Å². The predicted octanol–water partition coefficient (Wildman–Crippen LogP) is 4.58. The summed E-state index contributed by atoms with van der Waals surface area (Å²) in [5.74, 6) is 0.498. The molecule has 0 unspecified atom stereocenters. The summed E-state index contributed by atoms with van der Waals surface area (Å²) in [6.07, 6.45) is 0.610. The third kappa shape index (κ3) is 4.86. The number of hydrogen-bond acceptors (Lipinski definition) is 5. The summed E-state index contributed by atoms with van der Waals surface area (Å²) in [4.78, 5) is 23.1. The average molecular weight is 384 g/mol. The molecule has 0 bridgehead atoms.